The topological polar surface area (TPSA) is 111 Å². The highest BCUT2D eigenvalue weighted by Crippen LogP contribution is 2.21. The molecule has 0 radical (unpaired) electrons. The number of phenols is 1. The number of hydrogen-bond donors (Lipinski definition) is 5. The average molecular weight is 301 g/mol. The third kappa shape index (κ3) is 3.97. The molecule has 0 bridgehead atoms. The number of hydroxylamine groups is 1. The second kappa shape index (κ2) is 7.09. The van der Waals surface area contributed by atoms with E-state index in [-0.39, 0.29) is 12.3 Å². The van der Waals surface area contributed by atoms with Crippen LogP contribution in [0.1, 0.15) is 15.9 Å². The fourth-order valence-electron chi connectivity index (χ4n) is 1.77. The van der Waals surface area contributed by atoms with Crippen LogP contribution in [0.25, 0.3) is 0 Å². The van der Waals surface area contributed by atoms with E-state index in [1.807, 2.05) is 0 Å². The lowest BCUT2D eigenvalue weighted by Gasteiger charge is -2.09. The minimum atomic E-state index is -0.600. The Morgan fingerprint density at radius 3 is 2.32 bits per heavy atom. The highest BCUT2D eigenvalue weighted by Gasteiger charge is 2.06. The van der Waals surface area contributed by atoms with Gasteiger partial charge in [-0.3, -0.25) is 10.0 Å². The summed E-state index contributed by atoms with van der Waals surface area (Å²) in [6.07, 6.45) is 0. The summed E-state index contributed by atoms with van der Waals surface area (Å²) in [6.45, 7) is 0.250. The Kier molecular flexibility index (Phi) is 4.94. The number of benzene rings is 2. The van der Waals surface area contributed by atoms with E-state index in [0.29, 0.717) is 11.3 Å². The number of nitrogens with one attached hydrogen (secondary N) is 3. The molecule has 2 rings (SSSR count). The van der Waals surface area contributed by atoms with Crippen LogP contribution in [0.2, 0.25) is 0 Å². The number of aromatic hydroxyl groups is 1. The van der Waals surface area contributed by atoms with E-state index in [1.165, 1.54) is 18.2 Å². The van der Waals surface area contributed by atoms with Crippen LogP contribution >= 0.6 is 0 Å². The average Bonchev–Trinajstić information content (AvgIpc) is 2.55. The second-order valence-corrected chi connectivity index (χ2v) is 4.46. The van der Waals surface area contributed by atoms with E-state index in [0.717, 1.165) is 5.56 Å². The summed E-state index contributed by atoms with van der Waals surface area (Å²) in [4.78, 5) is 22.9. The molecular formula is C15H15N3O4. The van der Waals surface area contributed by atoms with Gasteiger partial charge in [0.05, 0.1) is 5.69 Å². The van der Waals surface area contributed by atoms with E-state index < -0.39 is 11.9 Å². The van der Waals surface area contributed by atoms with Crippen LogP contribution in [0.15, 0.2) is 48.5 Å². The van der Waals surface area contributed by atoms with Crippen molar-refractivity contribution in [2.45, 2.75) is 6.54 Å². The van der Waals surface area contributed by atoms with Gasteiger partial charge in [0, 0.05) is 12.1 Å². The van der Waals surface area contributed by atoms with Crippen LogP contribution in [-0.2, 0) is 6.54 Å². The van der Waals surface area contributed by atoms with Gasteiger partial charge in [0.15, 0.2) is 0 Å². The minimum absolute atomic E-state index is 0.0166. The van der Waals surface area contributed by atoms with Crippen molar-refractivity contribution in [2.24, 2.45) is 0 Å². The smallest absolute Gasteiger partial charge is 0.319 e. The van der Waals surface area contributed by atoms with Crippen molar-refractivity contribution >= 4 is 17.6 Å². The lowest BCUT2D eigenvalue weighted by Crippen LogP contribution is -2.28. The maximum atomic E-state index is 11.7. The standard InChI is InChI=1S/C15H15N3O4/c19-13-4-2-1-3-12(13)17-15(21)16-9-10-5-7-11(8-6-10)14(20)18-22/h1-8,19,22H,9H2,(H,18,20)(H2,16,17,21). The Balaban J connectivity index is 1.89. The summed E-state index contributed by atoms with van der Waals surface area (Å²) < 4.78 is 0. The molecule has 0 fully saturated rings. The van der Waals surface area contributed by atoms with Crippen LogP contribution < -0.4 is 16.1 Å². The molecule has 0 atom stereocenters. The number of para-hydroxylation sites is 2. The first-order valence-corrected chi connectivity index (χ1v) is 6.46. The zero-order valence-electron chi connectivity index (χ0n) is 11.5. The van der Waals surface area contributed by atoms with E-state index in [2.05, 4.69) is 10.6 Å². The largest absolute Gasteiger partial charge is 0.506 e. The summed E-state index contributed by atoms with van der Waals surface area (Å²) in [5, 5.41) is 23.2. The molecular weight excluding hydrogens is 286 g/mol. The molecule has 7 heteroatoms. The number of anilines is 1. The molecule has 5 N–H and O–H groups in total. The van der Waals surface area contributed by atoms with Gasteiger partial charge in [-0.1, -0.05) is 24.3 Å². The molecule has 2 aromatic carbocycles. The van der Waals surface area contributed by atoms with E-state index in [4.69, 9.17) is 5.21 Å². The van der Waals surface area contributed by atoms with Gasteiger partial charge in [-0.05, 0) is 29.8 Å². The van der Waals surface area contributed by atoms with Gasteiger partial charge in [-0.25, -0.2) is 10.3 Å². The van der Waals surface area contributed by atoms with Gasteiger partial charge < -0.3 is 15.7 Å². The first-order valence-electron chi connectivity index (χ1n) is 6.46. The number of hydrogen-bond acceptors (Lipinski definition) is 4. The number of urea groups is 1. The third-order valence-corrected chi connectivity index (χ3v) is 2.92. The highest BCUT2D eigenvalue weighted by molar-refractivity contribution is 5.93. The van der Waals surface area contributed by atoms with Gasteiger partial charge in [-0.15, -0.1) is 0 Å². The predicted molar refractivity (Wildman–Crippen MR) is 79.7 cm³/mol. The van der Waals surface area contributed by atoms with Crippen molar-refractivity contribution < 1.29 is 19.9 Å². The van der Waals surface area contributed by atoms with Gasteiger partial charge in [0.2, 0.25) is 0 Å². The first kappa shape index (κ1) is 15.3. The third-order valence-electron chi connectivity index (χ3n) is 2.92. The monoisotopic (exact) mass is 301 g/mol. The lowest BCUT2D eigenvalue weighted by molar-refractivity contribution is 0.0706. The Hall–Kier alpha value is -3.06. The molecule has 2 aromatic rings. The van der Waals surface area contributed by atoms with Crippen molar-refractivity contribution in [1.82, 2.24) is 10.8 Å². The van der Waals surface area contributed by atoms with Crippen molar-refractivity contribution in [3.05, 3.63) is 59.7 Å². The van der Waals surface area contributed by atoms with Crippen molar-refractivity contribution in [3.63, 3.8) is 0 Å². The van der Waals surface area contributed by atoms with E-state index in [9.17, 15) is 14.7 Å². The molecule has 0 spiro atoms. The fourth-order valence-corrected chi connectivity index (χ4v) is 1.77. The summed E-state index contributed by atoms with van der Waals surface area (Å²) in [5.41, 5.74) is 2.95. The van der Waals surface area contributed by atoms with Crippen LogP contribution in [0.5, 0.6) is 5.75 Å². The number of carbonyl (C=O) groups is 2. The van der Waals surface area contributed by atoms with Gasteiger partial charge in [0.25, 0.3) is 5.91 Å². The van der Waals surface area contributed by atoms with E-state index in [1.54, 1.807) is 35.8 Å². The van der Waals surface area contributed by atoms with Crippen molar-refractivity contribution in [2.75, 3.05) is 5.32 Å². The zero-order chi connectivity index (χ0) is 15.9. The van der Waals surface area contributed by atoms with Gasteiger partial charge in [-0.2, -0.15) is 0 Å². The second-order valence-electron chi connectivity index (χ2n) is 4.46. The fraction of sp³-hybridized carbons (Fsp3) is 0.0667. The molecule has 0 aromatic heterocycles. The summed E-state index contributed by atoms with van der Waals surface area (Å²) in [7, 11) is 0. The highest BCUT2D eigenvalue weighted by atomic mass is 16.5. The quantitative estimate of drug-likeness (QED) is 0.337. The first-order chi connectivity index (χ1) is 10.6. The molecule has 0 aliphatic carbocycles. The molecule has 114 valence electrons. The SMILES string of the molecule is O=C(NCc1ccc(C(=O)NO)cc1)Nc1ccccc1O. The van der Waals surface area contributed by atoms with Crippen LogP contribution in [0.3, 0.4) is 0 Å². The molecule has 22 heavy (non-hydrogen) atoms. The number of phenolic OH excluding ortho intramolecular Hbond substituents is 1. The van der Waals surface area contributed by atoms with E-state index >= 15 is 0 Å². The van der Waals surface area contributed by atoms with Crippen LogP contribution in [0, 0.1) is 0 Å². The number of rotatable bonds is 4. The van der Waals surface area contributed by atoms with Crippen molar-refractivity contribution in [1.29, 1.82) is 0 Å². The molecule has 0 heterocycles. The molecule has 0 aliphatic heterocycles. The molecule has 0 aliphatic rings. The van der Waals surface area contributed by atoms with Crippen LogP contribution in [0.4, 0.5) is 10.5 Å². The molecule has 7 nitrogen and oxygen atoms in total. The van der Waals surface area contributed by atoms with Gasteiger partial charge in [0.1, 0.15) is 5.75 Å². The minimum Gasteiger partial charge on any atom is -0.506 e. The Bertz CT molecular complexity index is 671. The summed E-state index contributed by atoms with van der Waals surface area (Å²) >= 11 is 0. The normalized spacial score (nSPS) is 9.86. The predicted octanol–water partition coefficient (Wildman–Crippen LogP) is 1.83. The zero-order valence-corrected chi connectivity index (χ0v) is 11.5. The summed E-state index contributed by atoms with van der Waals surface area (Å²) in [6, 6.07) is 12.3. The number of amides is 3. The Morgan fingerprint density at radius 1 is 1.00 bits per heavy atom. The van der Waals surface area contributed by atoms with Crippen LogP contribution in [-0.4, -0.2) is 22.3 Å². The van der Waals surface area contributed by atoms with Crippen molar-refractivity contribution in [3.8, 4) is 5.75 Å². The molecule has 3 amide bonds. The molecule has 0 unspecified atom stereocenters. The van der Waals surface area contributed by atoms with Gasteiger partial charge >= 0.3 is 6.03 Å². The molecule has 0 saturated carbocycles. The lowest BCUT2D eigenvalue weighted by atomic mass is 10.1. The maximum absolute atomic E-state index is 11.7. The Morgan fingerprint density at radius 2 is 1.68 bits per heavy atom. The summed E-state index contributed by atoms with van der Waals surface area (Å²) in [5.74, 6) is -0.617. The maximum Gasteiger partial charge on any atom is 0.319 e. The number of carbonyl (C=O) groups excluding carboxylic acids is 2. The Labute approximate surface area is 126 Å². The molecule has 0 saturated heterocycles.